The molecule has 0 N–H and O–H groups in total. The largest absolute Gasteiger partial charge is 0.465 e. The van der Waals surface area contributed by atoms with E-state index in [-0.39, 0.29) is 5.97 Å². The van der Waals surface area contributed by atoms with Gasteiger partial charge in [0.2, 0.25) is 5.51 Å². The molecule has 100 valence electrons. The molecule has 1 heterocycles. The number of hydrogen-bond donors (Lipinski definition) is 0. The molecule has 0 fully saturated rings. The molecule has 0 unspecified atom stereocenters. The van der Waals surface area contributed by atoms with E-state index in [1.807, 2.05) is 6.07 Å². The van der Waals surface area contributed by atoms with E-state index in [1.54, 1.807) is 11.3 Å². The minimum Gasteiger partial charge on any atom is -0.465 e. The Labute approximate surface area is 117 Å². The molecule has 0 saturated carbocycles. The molecule has 0 amide bonds. The molecule has 0 bridgehead atoms. The number of carbonyl (C=O) groups is 1. The highest BCUT2D eigenvalue weighted by atomic mass is 32.1. The van der Waals surface area contributed by atoms with Gasteiger partial charge in [-0.1, -0.05) is 41.7 Å². The number of hydrogen-bond acceptors (Lipinski definition) is 3. The Morgan fingerprint density at radius 3 is 2.74 bits per heavy atom. The average Bonchev–Trinajstić information content (AvgIpc) is 2.72. The van der Waals surface area contributed by atoms with Crippen LogP contribution in [0, 0.1) is 6.92 Å². The van der Waals surface area contributed by atoms with E-state index < -0.39 is 0 Å². The summed E-state index contributed by atoms with van der Waals surface area (Å²) in [6.07, 6.45) is 0.790. The van der Waals surface area contributed by atoms with Crippen LogP contribution in [-0.2, 0) is 22.5 Å². The van der Waals surface area contributed by atoms with Crippen LogP contribution in [0.25, 0.3) is 0 Å². The smallest absolute Gasteiger partial charge is 0.302 e. The van der Waals surface area contributed by atoms with Gasteiger partial charge in [0.25, 0.3) is 0 Å². The van der Waals surface area contributed by atoms with Gasteiger partial charge in [0.05, 0.1) is 11.5 Å². The lowest BCUT2D eigenvalue weighted by Gasteiger charge is -2.00. The molecule has 2 rings (SSSR count). The zero-order valence-corrected chi connectivity index (χ0v) is 12.1. The summed E-state index contributed by atoms with van der Waals surface area (Å²) in [5.74, 6) is -0.216. The van der Waals surface area contributed by atoms with E-state index >= 15 is 0 Å². The van der Waals surface area contributed by atoms with Gasteiger partial charge in [-0.25, -0.2) is 0 Å². The third-order valence-electron chi connectivity index (χ3n) is 2.99. The van der Waals surface area contributed by atoms with Crippen molar-refractivity contribution in [2.24, 2.45) is 0 Å². The first-order valence-corrected chi connectivity index (χ1v) is 7.18. The molecule has 4 heteroatoms. The van der Waals surface area contributed by atoms with Crippen molar-refractivity contribution < 1.29 is 14.1 Å². The molecule has 2 aromatic rings. The van der Waals surface area contributed by atoms with Gasteiger partial charge in [-0.15, -0.1) is 0 Å². The minimum absolute atomic E-state index is 0.216. The van der Waals surface area contributed by atoms with Crippen molar-refractivity contribution in [3.63, 3.8) is 0 Å². The van der Waals surface area contributed by atoms with Crippen molar-refractivity contribution >= 4 is 17.3 Å². The van der Waals surface area contributed by atoms with Gasteiger partial charge in [-0.3, -0.25) is 4.79 Å². The quantitative estimate of drug-likeness (QED) is 0.620. The standard InChI is InChI=1S/C15H18NO2S/c1-12-15(8-9-18-13(2)17)19-11-16(12)10-14-6-4-3-5-7-14/h3-7,11H,8-10H2,1-2H3/q+1. The third-order valence-corrected chi connectivity index (χ3v) is 4.13. The van der Waals surface area contributed by atoms with Gasteiger partial charge in [0.1, 0.15) is 0 Å². The molecule has 1 aromatic carbocycles. The number of carbonyl (C=O) groups excluding carboxylic acids is 1. The molecule has 0 atom stereocenters. The highest BCUT2D eigenvalue weighted by Crippen LogP contribution is 2.12. The normalized spacial score (nSPS) is 10.4. The van der Waals surface area contributed by atoms with Gasteiger partial charge < -0.3 is 4.74 Å². The number of ether oxygens (including phenoxy) is 1. The molecule has 0 saturated heterocycles. The Hall–Kier alpha value is -1.68. The first kappa shape index (κ1) is 13.7. The molecule has 3 nitrogen and oxygen atoms in total. The van der Waals surface area contributed by atoms with Crippen molar-refractivity contribution in [1.82, 2.24) is 0 Å². The van der Waals surface area contributed by atoms with Crippen LogP contribution in [0.5, 0.6) is 0 Å². The summed E-state index contributed by atoms with van der Waals surface area (Å²) in [7, 11) is 0. The zero-order valence-electron chi connectivity index (χ0n) is 11.3. The predicted molar refractivity (Wildman–Crippen MR) is 75.1 cm³/mol. The maximum absolute atomic E-state index is 10.7. The fourth-order valence-corrected chi connectivity index (χ4v) is 2.89. The van der Waals surface area contributed by atoms with Gasteiger partial charge >= 0.3 is 5.97 Å². The lowest BCUT2D eigenvalue weighted by Crippen LogP contribution is -2.35. The van der Waals surface area contributed by atoms with E-state index in [9.17, 15) is 4.79 Å². The third kappa shape index (κ3) is 3.89. The molecular formula is C15H18NO2S+. The fourth-order valence-electron chi connectivity index (χ4n) is 1.92. The molecule has 0 spiro atoms. The Bertz CT molecular complexity index is 549. The minimum atomic E-state index is -0.216. The second-order valence-corrected chi connectivity index (χ2v) is 5.37. The van der Waals surface area contributed by atoms with Crippen LogP contribution in [0.4, 0.5) is 0 Å². The Morgan fingerprint density at radius 1 is 1.32 bits per heavy atom. The summed E-state index contributed by atoms with van der Waals surface area (Å²) in [5, 5.41) is 0. The highest BCUT2D eigenvalue weighted by molar-refractivity contribution is 7.09. The van der Waals surface area contributed by atoms with E-state index in [1.165, 1.54) is 23.1 Å². The Morgan fingerprint density at radius 2 is 2.05 bits per heavy atom. The molecule has 19 heavy (non-hydrogen) atoms. The maximum atomic E-state index is 10.7. The molecule has 0 radical (unpaired) electrons. The van der Waals surface area contributed by atoms with Crippen LogP contribution in [0.2, 0.25) is 0 Å². The Kier molecular flexibility index (Phi) is 4.68. The average molecular weight is 276 g/mol. The lowest BCUT2D eigenvalue weighted by atomic mass is 10.2. The van der Waals surface area contributed by atoms with Crippen LogP contribution in [0.15, 0.2) is 35.8 Å². The molecular weight excluding hydrogens is 258 g/mol. The summed E-state index contributed by atoms with van der Waals surface area (Å²) in [5.41, 5.74) is 4.67. The predicted octanol–water partition coefficient (Wildman–Crippen LogP) is 2.50. The topological polar surface area (TPSA) is 30.2 Å². The molecule has 0 aliphatic heterocycles. The van der Waals surface area contributed by atoms with Crippen molar-refractivity contribution in [1.29, 1.82) is 0 Å². The first-order valence-electron chi connectivity index (χ1n) is 6.30. The lowest BCUT2D eigenvalue weighted by molar-refractivity contribution is -0.689. The number of benzene rings is 1. The monoisotopic (exact) mass is 276 g/mol. The summed E-state index contributed by atoms with van der Waals surface area (Å²) < 4.78 is 7.23. The van der Waals surface area contributed by atoms with Crippen molar-refractivity contribution in [2.75, 3.05) is 6.61 Å². The maximum Gasteiger partial charge on any atom is 0.302 e. The van der Waals surface area contributed by atoms with Gasteiger partial charge in [-0.2, -0.15) is 4.57 Å². The van der Waals surface area contributed by atoms with Crippen LogP contribution >= 0.6 is 11.3 Å². The molecule has 0 aliphatic rings. The number of esters is 1. The summed E-state index contributed by atoms with van der Waals surface area (Å²) in [6.45, 7) is 4.90. The number of nitrogens with zero attached hydrogens (tertiary/aromatic N) is 1. The van der Waals surface area contributed by atoms with E-state index in [4.69, 9.17) is 4.74 Å². The molecule has 1 aromatic heterocycles. The van der Waals surface area contributed by atoms with Crippen LogP contribution in [0.3, 0.4) is 0 Å². The van der Waals surface area contributed by atoms with Gasteiger partial charge in [-0.05, 0) is 0 Å². The van der Waals surface area contributed by atoms with Gasteiger partial charge in [0, 0.05) is 25.8 Å². The summed E-state index contributed by atoms with van der Waals surface area (Å²) in [4.78, 5) is 12.0. The van der Waals surface area contributed by atoms with E-state index in [0.29, 0.717) is 6.61 Å². The number of thiazole rings is 1. The number of aromatic nitrogens is 1. The molecule has 0 aliphatic carbocycles. The Balaban J connectivity index is 2.00. The van der Waals surface area contributed by atoms with E-state index in [0.717, 1.165) is 13.0 Å². The summed E-state index contributed by atoms with van der Waals surface area (Å²) in [6, 6.07) is 10.4. The van der Waals surface area contributed by atoms with E-state index in [2.05, 4.69) is 41.3 Å². The summed E-state index contributed by atoms with van der Waals surface area (Å²) >= 11 is 1.72. The zero-order chi connectivity index (χ0) is 13.7. The van der Waals surface area contributed by atoms with Gasteiger partial charge in [0.15, 0.2) is 12.2 Å². The number of rotatable bonds is 5. The van der Waals surface area contributed by atoms with Crippen molar-refractivity contribution in [2.45, 2.75) is 26.8 Å². The van der Waals surface area contributed by atoms with Crippen LogP contribution in [-0.4, -0.2) is 12.6 Å². The van der Waals surface area contributed by atoms with Crippen molar-refractivity contribution in [3.05, 3.63) is 52.0 Å². The van der Waals surface area contributed by atoms with Crippen LogP contribution < -0.4 is 4.57 Å². The second kappa shape index (κ2) is 6.48. The van der Waals surface area contributed by atoms with Crippen LogP contribution in [0.1, 0.15) is 23.1 Å². The SMILES string of the molecule is CC(=O)OCCc1sc[n+](Cc2ccccc2)c1C. The fraction of sp³-hybridized carbons (Fsp3) is 0.333. The highest BCUT2D eigenvalue weighted by Gasteiger charge is 2.15. The second-order valence-electron chi connectivity index (χ2n) is 4.44. The first-order chi connectivity index (χ1) is 9.16. The van der Waals surface area contributed by atoms with Crippen molar-refractivity contribution in [3.8, 4) is 0 Å².